The molecule has 0 radical (unpaired) electrons. The van der Waals surface area contributed by atoms with E-state index in [1.54, 1.807) is 0 Å². The minimum absolute atomic E-state index is 0.368. The molecule has 2 heteroatoms. The van der Waals surface area contributed by atoms with Gasteiger partial charge in [0.05, 0.1) is 0 Å². The number of benzene rings is 2. The smallest absolute Gasteiger partial charge is 0.133 e. The van der Waals surface area contributed by atoms with Crippen molar-refractivity contribution in [1.82, 2.24) is 4.90 Å². The molecule has 0 bridgehead atoms. The molecule has 0 unspecified atom stereocenters. The van der Waals surface area contributed by atoms with Crippen LogP contribution in [0.3, 0.4) is 0 Å². The van der Waals surface area contributed by atoms with Gasteiger partial charge in [0.1, 0.15) is 5.60 Å². The lowest BCUT2D eigenvalue weighted by molar-refractivity contribution is -0.0360. The van der Waals surface area contributed by atoms with E-state index in [9.17, 15) is 0 Å². The Kier molecular flexibility index (Phi) is 4.09. The first-order chi connectivity index (χ1) is 10.3. The van der Waals surface area contributed by atoms with Gasteiger partial charge in [-0.1, -0.05) is 60.7 Å². The maximum absolute atomic E-state index is 6.22. The topological polar surface area (TPSA) is 12.5 Å². The van der Waals surface area contributed by atoms with E-state index in [2.05, 4.69) is 72.6 Å². The molecule has 0 aromatic heterocycles. The van der Waals surface area contributed by atoms with Crippen LogP contribution in [0.25, 0.3) is 0 Å². The molecule has 2 aromatic carbocycles. The summed E-state index contributed by atoms with van der Waals surface area (Å²) in [5, 5.41) is 0. The highest BCUT2D eigenvalue weighted by molar-refractivity contribution is 5.39. The molecular formula is C19H23NO. The van der Waals surface area contributed by atoms with Crippen LogP contribution in [0.15, 0.2) is 60.7 Å². The summed E-state index contributed by atoms with van der Waals surface area (Å²) in [5.74, 6) is 0. The fourth-order valence-electron chi connectivity index (χ4n) is 3.72. The summed E-state index contributed by atoms with van der Waals surface area (Å²) in [6.45, 7) is 1.13. The van der Waals surface area contributed by atoms with Crippen molar-refractivity contribution in [1.29, 1.82) is 0 Å². The quantitative estimate of drug-likeness (QED) is 0.848. The molecule has 2 aromatic rings. The van der Waals surface area contributed by atoms with Gasteiger partial charge < -0.3 is 4.74 Å². The maximum atomic E-state index is 6.22. The minimum atomic E-state index is -0.395. The molecule has 21 heavy (non-hydrogen) atoms. The molecule has 0 N–H and O–H groups in total. The molecule has 3 rings (SSSR count). The van der Waals surface area contributed by atoms with Crippen molar-refractivity contribution < 1.29 is 4.74 Å². The molecule has 1 heterocycles. The number of rotatable bonds is 4. The molecule has 0 aliphatic carbocycles. The third kappa shape index (κ3) is 2.39. The number of hydrogen-bond acceptors (Lipinski definition) is 2. The zero-order valence-electron chi connectivity index (χ0n) is 12.8. The Bertz CT molecular complexity index is 527. The molecular weight excluding hydrogens is 258 g/mol. The van der Waals surface area contributed by atoms with Crippen molar-refractivity contribution in [3.8, 4) is 0 Å². The standard InChI is InChI=1S/C19H23NO/c1-20-15-9-14-18(20)19(21-2,16-10-5-3-6-11-16)17-12-7-4-8-13-17/h3-8,10-13,18H,9,14-15H2,1-2H3/t18-/m0/s1. The first-order valence-electron chi connectivity index (χ1n) is 7.65. The molecule has 0 amide bonds. The van der Waals surface area contributed by atoms with Gasteiger partial charge in [-0.25, -0.2) is 0 Å². The van der Waals surface area contributed by atoms with Crippen molar-refractivity contribution in [3.63, 3.8) is 0 Å². The van der Waals surface area contributed by atoms with E-state index >= 15 is 0 Å². The summed E-state index contributed by atoms with van der Waals surface area (Å²) < 4.78 is 6.22. The van der Waals surface area contributed by atoms with Gasteiger partial charge in [-0.15, -0.1) is 0 Å². The molecule has 1 aliphatic rings. The lowest BCUT2D eigenvalue weighted by Gasteiger charge is -2.42. The van der Waals surface area contributed by atoms with Crippen LogP contribution in [0, 0.1) is 0 Å². The molecule has 1 aliphatic heterocycles. The van der Waals surface area contributed by atoms with E-state index in [0.29, 0.717) is 6.04 Å². The number of hydrogen-bond donors (Lipinski definition) is 0. The predicted molar refractivity (Wildman–Crippen MR) is 86.3 cm³/mol. The third-order valence-corrected chi connectivity index (χ3v) is 4.72. The number of ether oxygens (including phenoxy) is 1. The van der Waals surface area contributed by atoms with Crippen molar-refractivity contribution in [2.75, 3.05) is 20.7 Å². The average Bonchev–Trinajstić information content (AvgIpc) is 2.98. The molecule has 1 atom stereocenters. The van der Waals surface area contributed by atoms with Crippen molar-refractivity contribution in [2.45, 2.75) is 24.5 Å². The second-order valence-electron chi connectivity index (χ2n) is 5.81. The average molecular weight is 281 g/mol. The summed E-state index contributed by atoms with van der Waals surface area (Å²) in [7, 11) is 4.05. The fraction of sp³-hybridized carbons (Fsp3) is 0.368. The van der Waals surface area contributed by atoms with Gasteiger partial charge in [-0.05, 0) is 37.6 Å². The van der Waals surface area contributed by atoms with Crippen LogP contribution < -0.4 is 0 Å². The van der Waals surface area contributed by atoms with Crippen LogP contribution in [0.4, 0.5) is 0 Å². The molecule has 2 nitrogen and oxygen atoms in total. The van der Waals surface area contributed by atoms with Gasteiger partial charge in [-0.2, -0.15) is 0 Å². The zero-order chi connectivity index (χ0) is 14.7. The van der Waals surface area contributed by atoms with E-state index < -0.39 is 5.60 Å². The Morgan fingerprint density at radius 1 is 0.952 bits per heavy atom. The first kappa shape index (κ1) is 14.3. The zero-order valence-corrected chi connectivity index (χ0v) is 12.8. The van der Waals surface area contributed by atoms with Crippen LogP contribution >= 0.6 is 0 Å². The van der Waals surface area contributed by atoms with E-state index in [-0.39, 0.29) is 0 Å². The number of likely N-dealkylation sites (N-methyl/N-ethyl adjacent to an activating group) is 1. The van der Waals surface area contributed by atoms with Crippen molar-refractivity contribution in [2.24, 2.45) is 0 Å². The molecule has 110 valence electrons. The Morgan fingerprint density at radius 2 is 1.48 bits per heavy atom. The van der Waals surface area contributed by atoms with Gasteiger partial charge >= 0.3 is 0 Å². The maximum Gasteiger partial charge on any atom is 0.133 e. The van der Waals surface area contributed by atoms with Crippen LogP contribution in [0.5, 0.6) is 0 Å². The Hall–Kier alpha value is -1.64. The van der Waals surface area contributed by atoms with Gasteiger partial charge in [0.2, 0.25) is 0 Å². The van der Waals surface area contributed by atoms with Gasteiger partial charge in [0.25, 0.3) is 0 Å². The second-order valence-corrected chi connectivity index (χ2v) is 5.81. The van der Waals surface area contributed by atoms with Crippen LogP contribution in [-0.2, 0) is 10.3 Å². The first-order valence-corrected chi connectivity index (χ1v) is 7.65. The van der Waals surface area contributed by atoms with Gasteiger partial charge in [0, 0.05) is 13.2 Å². The van der Waals surface area contributed by atoms with E-state index in [1.165, 1.54) is 17.5 Å². The van der Waals surface area contributed by atoms with Crippen molar-refractivity contribution in [3.05, 3.63) is 71.8 Å². The number of nitrogens with zero attached hydrogens (tertiary/aromatic N) is 1. The van der Waals surface area contributed by atoms with Gasteiger partial charge in [0.15, 0.2) is 0 Å². The molecule has 1 saturated heterocycles. The van der Waals surface area contributed by atoms with Crippen molar-refractivity contribution >= 4 is 0 Å². The van der Waals surface area contributed by atoms with E-state index in [1.807, 2.05) is 7.11 Å². The predicted octanol–water partition coefficient (Wildman–Crippen LogP) is 3.67. The summed E-state index contributed by atoms with van der Waals surface area (Å²) in [6, 6.07) is 21.6. The Balaban J connectivity index is 2.18. The van der Waals surface area contributed by atoms with Gasteiger partial charge in [-0.3, -0.25) is 4.90 Å². The lowest BCUT2D eigenvalue weighted by Crippen LogP contribution is -2.48. The number of likely N-dealkylation sites (tertiary alicyclic amines) is 1. The largest absolute Gasteiger partial charge is 0.367 e. The van der Waals surface area contributed by atoms with Crippen LogP contribution in [0.2, 0.25) is 0 Å². The molecule has 1 fully saturated rings. The SMILES string of the molecule is COC(c1ccccc1)(c1ccccc1)[C@@H]1CCCN1C. The fourth-order valence-corrected chi connectivity index (χ4v) is 3.72. The van der Waals surface area contributed by atoms with Crippen LogP contribution in [-0.4, -0.2) is 31.6 Å². The summed E-state index contributed by atoms with van der Waals surface area (Å²) >= 11 is 0. The lowest BCUT2D eigenvalue weighted by atomic mass is 9.79. The monoisotopic (exact) mass is 281 g/mol. The Labute approximate surface area is 127 Å². The molecule has 0 saturated carbocycles. The van der Waals surface area contributed by atoms with E-state index in [4.69, 9.17) is 4.74 Å². The highest BCUT2D eigenvalue weighted by Crippen LogP contribution is 2.42. The third-order valence-electron chi connectivity index (χ3n) is 4.72. The second kappa shape index (κ2) is 6.00. The number of methoxy groups -OCH3 is 1. The minimum Gasteiger partial charge on any atom is -0.367 e. The molecule has 0 spiro atoms. The highest BCUT2D eigenvalue weighted by atomic mass is 16.5. The van der Waals surface area contributed by atoms with E-state index in [0.717, 1.165) is 13.0 Å². The normalized spacial score (nSPS) is 19.8. The summed E-state index contributed by atoms with van der Waals surface area (Å²) in [5.41, 5.74) is 2.07. The van der Waals surface area contributed by atoms with Crippen LogP contribution in [0.1, 0.15) is 24.0 Å². The Morgan fingerprint density at radius 3 is 1.86 bits per heavy atom. The summed E-state index contributed by atoms with van der Waals surface area (Å²) in [6.07, 6.45) is 2.39. The summed E-state index contributed by atoms with van der Waals surface area (Å²) in [4.78, 5) is 2.43. The highest BCUT2D eigenvalue weighted by Gasteiger charge is 2.45.